The van der Waals surface area contributed by atoms with Crippen LogP contribution in [0.15, 0.2) is 30.5 Å². The number of hydrogen-bond donors (Lipinski definition) is 1. The second-order valence-electron chi connectivity index (χ2n) is 6.21. The van der Waals surface area contributed by atoms with Crippen LogP contribution in [-0.2, 0) is 4.74 Å². The Morgan fingerprint density at radius 1 is 1.28 bits per heavy atom. The van der Waals surface area contributed by atoms with E-state index in [4.69, 9.17) is 21.1 Å². The Morgan fingerprint density at radius 2 is 2.04 bits per heavy atom. The first kappa shape index (κ1) is 17.7. The van der Waals surface area contributed by atoms with Crippen LogP contribution in [0.3, 0.4) is 0 Å². The molecule has 1 aromatic carbocycles. The molecular weight excluding hydrogens is 340 g/mol. The van der Waals surface area contributed by atoms with Crippen LogP contribution < -0.4 is 10.1 Å². The van der Waals surface area contributed by atoms with E-state index in [1.807, 2.05) is 32.0 Å². The zero-order valence-electron chi connectivity index (χ0n) is 14.3. The molecule has 2 heterocycles. The van der Waals surface area contributed by atoms with Crippen molar-refractivity contribution in [2.75, 3.05) is 18.5 Å². The largest absolute Gasteiger partial charge is 0.473 e. The lowest BCUT2D eigenvalue weighted by molar-refractivity contribution is 0.0238. The van der Waals surface area contributed by atoms with Gasteiger partial charge >= 0.3 is 0 Å². The highest BCUT2D eigenvalue weighted by Gasteiger charge is 2.18. The quantitative estimate of drug-likeness (QED) is 0.889. The zero-order valence-corrected chi connectivity index (χ0v) is 15.1. The first-order valence-electron chi connectivity index (χ1n) is 8.31. The molecule has 132 valence electrons. The molecule has 3 rings (SSSR count). The van der Waals surface area contributed by atoms with Crippen molar-refractivity contribution in [3.05, 3.63) is 52.2 Å². The van der Waals surface area contributed by atoms with Crippen LogP contribution in [0.4, 0.5) is 5.69 Å². The van der Waals surface area contributed by atoms with E-state index in [1.165, 1.54) is 6.20 Å². The Kier molecular flexibility index (Phi) is 5.56. The van der Waals surface area contributed by atoms with Gasteiger partial charge in [0.2, 0.25) is 5.88 Å². The topological polar surface area (TPSA) is 60.5 Å². The summed E-state index contributed by atoms with van der Waals surface area (Å²) in [4.78, 5) is 16.7. The smallest absolute Gasteiger partial charge is 0.257 e. The number of amides is 1. The van der Waals surface area contributed by atoms with Crippen molar-refractivity contribution in [2.24, 2.45) is 0 Å². The molecule has 5 nitrogen and oxygen atoms in total. The molecule has 1 aliphatic rings. The number of nitrogens with zero attached hydrogens (tertiary/aromatic N) is 1. The fourth-order valence-corrected chi connectivity index (χ4v) is 2.95. The maximum Gasteiger partial charge on any atom is 0.257 e. The van der Waals surface area contributed by atoms with Crippen molar-refractivity contribution >= 4 is 23.2 Å². The summed E-state index contributed by atoms with van der Waals surface area (Å²) in [7, 11) is 0. The van der Waals surface area contributed by atoms with Crippen LogP contribution >= 0.6 is 11.6 Å². The number of ether oxygens (including phenoxy) is 2. The maximum absolute atomic E-state index is 12.4. The number of carbonyl (C=O) groups is 1. The molecule has 1 N–H and O–H groups in total. The third kappa shape index (κ3) is 4.50. The van der Waals surface area contributed by atoms with Gasteiger partial charge in [-0.2, -0.15) is 0 Å². The minimum Gasteiger partial charge on any atom is -0.473 e. The SMILES string of the molecule is Cc1ccc(NC(=O)c2cnc(OC3CCOCC3)c(Cl)c2)c(C)c1. The van der Waals surface area contributed by atoms with Gasteiger partial charge in [-0.25, -0.2) is 4.98 Å². The number of halogens is 1. The van der Waals surface area contributed by atoms with Crippen LogP contribution in [0.2, 0.25) is 5.02 Å². The fourth-order valence-electron chi connectivity index (χ4n) is 2.74. The van der Waals surface area contributed by atoms with Crippen LogP contribution in [0.25, 0.3) is 0 Å². The first-order valence-corrected chi connectivity index (χ1v) is 8.69. The second kappa shape index (κ2) is 7.85. The van der Waals surface area contributed by atoms with Crippen molar-refractivity contribution in [2.45, 2.75) is 32.8 Å². The van der Waals surface area contributed by atoms with Gasteiger partial charge in [0.25, 0.3) is 5.91 Å². The third-order valence-electron chi connectivity index (χ3n) is 4.15. The Morgan fingerprint density at radius 3 is 2.72 bits per heavy atom. The molecule has 0 aliphatic carbocycles. The van der Waals surface area contributed by atoms with Gasteiger partial charge in [-0.3, -0.25) is 4.79 Å². The van der Waals surface area contributed by atoms with E-state index in [0.717, 1.165) is 29.7 Å². The van der Waals surface area contributed by atoms with Gasteiger partial charge in [0.05, 0.1) is 18.8 Å². The van der Waals surface area contributed by atoms with E-state index in [0.29, 0.717) is 29.7 Å². The number of hydrogen-bond acceptors (Lipinski definition) is 4. The van der Waals surface area contributed by atoms with Gasteiger partial charge in [0.15, 0.2) is 0 Å². The Bertz CT molecular complexity index is 773. The Hall–Kier alpha value is -2.11. The van der Waals surface area contributed by atoms with Crippen molar-refractivity contribution in [3.8, 4) is 5.88 Å². The molecule has 0 spiro atoms. The lowest BCUT2D eigenvalue weighted by Crippen LogP contribution is -2.26. The predicted octanol–water partition coefficient (Wildman–Crippen LogP) is 4.16. The van der Waals surface area contributed by atoms with Crippen molar-refractivity contribution in [1.29, 1.82) is 0 Å². The highest BCUT2D eigenvalue weighted by molar-refractivity contribution is 6.32. The van der Waals surface area contributed by atoms with Gasteiger partial charge in [-0.05, 0) is 31.5 Å². The first-order chi connectivity index (χ1) is 12.0. The van der Waals surface area contributed by atoms with Crippen LogP contribution in [0, 0.1) is 13.8 Å². The summed E-state index contributed by atoms with van der Waals surface area (Å²) in [6, 6.07) is 7.45. The number of pyridine rings is 1. The zero-order chi connectivity index (χ0) is 17.8. The van der Waals surface area contributed by atoms with Crippen molar-refractivity contribution < 1.29 is 14.3 Å². The van der Waals surface area contributed by atoms with Crippen LogP contribution in [-0.4, -0.2) is 30.2 Å². The molecule has 1 saturated heterocycles. The molecule has 1 aromatic heterocycles. The summed E-state index contributed by atoms with van der Waals surface area (Å²) in [5.41, 5.74) is 3.32. The van der Waals surface area contributed by atoms with Gasteiger partial charge in [-0.1, -0.05) is 29.3 Å². The third-order valence-corrected chi connectivity index (χ3v) is 4.42. The van der Waals surface area contributed by atoms with E-state index in [9.17, 15) is 4.79 Å². The molecule has 1 amide bonds. The monoisotopic (exact) mass is 360 g/mol. The molecule has 2 aromatic rings. The number of anilines is 1. The number of nitrogens with one attached hydrogen (secondary N) is 1. The van der Waals surface area contributed by atoms with Gasteiger partial charge in [0.1, 0.15) is 11.1 Å². The molecule has 0 bridgehead atoms. The molecule has 1 fully saturated rings. The lowest BCUT2D eigenvalue weighted by Gasteiger charge is -2.23. The molecule has 1 aliphatic heterocycles. The molecule has 0 unspecified atom stereocenters. The molecule has 6 heteroatoms. The van der Waals surface area contributed by atoms with Gasteiger partial charge in [-0.15, -0.1) is 0 Å². The summed E-state index contributed by atoms with van der Waals surface area (Å²) >= 11 is 6.25. The minimum absolute atomic E-state index is 0.0497. The van der Waals surface area contributed by atoms with E-state index in [-0.39, 0.29) is 12.0 Å². The summed E-state index contributed by atoms with van der Waals surface area (Å²) < 4.78 is 11.1. The molecule has 0 atom stereocenters. The molecular formula is C19H21ClN2O3. The fraction of sp³-hybridized carbons (Fsp3) is 0.368. The second-order valence-corrected chi connectivity index (χ2v) is 6.62. The van der Waals surface area contributed by atoms with E-state index < -0.39 is 0 Å². The standard InChI is InChI=1S/C19H21ClN2O3/c1-12-3-4-17(13(2)9-12)22-18(23)14-10-16(20)19(21-11-14)25-15-5-7-24-8-6-15/h3-4,9-11,15H,5-8H2,1-2H3,(H,22,23). The molecule has 0 radical (unpaired) electrons. The average molecular weight is 361 g/mol. The summed E-state index contributed by atoms with van der Waals surface area (Å²) in [5.74, 6) is 0.107. The normalized spacial score (nSPS) is 15.0. The number of carbonyl (C=O) groups excluding carboxylic acids is 1. The molecule has 0 saturated carbocycles. The van der Waals surface area contributed by atoms with Crippen LogP contribution in [0.1, 0.15) is 34.3 Å². The van der Waals surface area contributed by atoms with Crippen LogP contribution in [0.5, 0.6) is 5.88 Å². The average Bonchev–Trinajstić information content (AvgIpc) is 2.60. The van der Waals surface area contributed by atoms with Crippen molar-refractivity contribution in [3.63, 3.8) is 0 Å². The predicted molar refractivity (Wildman–Crippen MR) is 97.6 cm³/mol. The molecule has 25 heavy (non-hydrogen) atoms. The lowest BCUT2D eigenvalue weighted by atomic mass is 10.1. The highest BCUT2D eigenvalue weighted by Crippen LogP contribution is 2.26. The van der Waals surface area contributed by atoms with Crippen molar-refractivity contribution in [1.82, 2.24) is 4.98 Å². The number of benzene rings is 1. The van der Waals surface area contributed by atoms with E-state index in [1.54, 1.807) is 6.07 Å². The number of aryl methyl sites for hydroxylation is 2. The van der Waals surface area contributed by atoms with E-state index in [2.05, 4.69) is 10.3 Å². The minimum atomic E-state index is -0.251. The Labute approximate surface area is 152 Å². The van der Waals surface area contributed by atoms with E-state index >= 15 is 0 Å². The van der Waals surface area contributed by atoms with Gasteiger partial charge in [0, 0.05) is 24.7 Å². The summed E-state index contributed by atoms with van der Waals surface area (Å²) in [6.45, 7) is 5.33. The van der Waals surface area contributed by atoms with Gasteiger partial charge < -0.3 is 14.8 Å². The summed E-state index contributed by atoms with van der Waals surface area (Å²) in [6.07, 6.45) is 3.16. The number of rotatable bonds is 4. The maximum atomic E-state index is 12.4. The summed E-state index contributed by atoms with van der Waals surface area (Å²) in [5, 5.41) is 3.22. The number of aromatic nitrogens is 1. The Balaban J connectivity index is 1.69. The highest BCUT2D eigenvalue weighted by atomic mass is 35.5.